The fraction of sp³-hybridized carbons (Fsp3) is 0.632. The van der Waals surface area contributed by atoms with Crippen molar-refractivity contribution in [1.29, 1.82) is 0 Å². The zero-order valence-electron chi connectivity index (χ0n) is 14.7. The molecule has 2 heterocycles. The molecule has 1 saturated heterocycles. The molecule has 130 valence electrons. The van der Waals surface area contributed by atoms with Gasteiger partial charge < -0.3 is 19.7 Å². The van der Waals surface area contributed by atoms with Crippen molar-refractivity contribution in [1.82, 2.24) is 10.2 Å². The molecule has 4 rings (SSSR count). The SMILES string of the molecule is CN=C(NCC1(c2ccc3c(c2)OCO3)CC1)N1CCC(C)CC1. The standard InChI is InChI=1S/C19H27N3O2/c1-14-5-9-22(10-6-14)18(20-2)21-12-19(7-8-19)15-3-4-16-17(11-15)24-13-23-16/h3-4,11,14H,5-10,12-13H2,1-2H3,(H,20,21). The molecule has 0 amide bonds. The number of nitrogens with one attached hydrogen (secondary N) is 1. The topological polar surface area (TPSA) is 46.1 Å². The fourth-order valence-electron chi connectivity index (χ4n) is 3.75. The number of likely N-dealkylation sites (tertiary alicyclic amines) is 1. The van der Waals surface area contributed by atoms with Crippen LogP contribution in [0, 0.1) is 5.92 Å². The molecule has 24 heavy (non-hydrogen) atoms. The van der Waals surface area contributed by atoms with Crippen LogP contribution in [-0.2, 0) is 5.41 Å². The molecule has 5 nitrogen and oxygen atoms in total. The van der Waals surface area contributed by atoms with E-state index >= 15 is 0 Å². The van der Waals surface area contributed by atoms with E-state index in [9.17, 15) is 0 Å². The average molecular weight is 329 g/mol. The van der Waals surface area contributed by atoms with Gasteiger partial charge in [-0.05, 0) is 49.3 Å². The van der Waals surface area contributed by atoms with Crippen LogP contribution in [0.1, 0.15) is 38.2 Å². The largest absolute Gasteiger partial charge is 0.454 e. The molecular formula is C19H27N3O2. The lowest BCUT2D eigenvalue weighted by atomic mass is 9.95. The van der Waals surface area contributed by atoms with Gasteiger partial charge in [0, 0.05) is 32.1 Å². The second kappa shape index (κ2) is 6.19. The van der Waals surface area contributed by atoms with Gasteiger partial charge >= 0.3 is 0 Å². The van der Waals surface area contributed by atoms with Gasteiger partial charge in [0.15, 0.2) is 17.5 Å². The van der Waals surface area contributed by atoms with Gasteiger partial charge in [0.1, 0.15) is 0 Å². The number of nitrogens with zero attached hydrogens (tertiary/aromatic N) is 2. The van der Waals surface area contributed by atoms with Gasteiger partial charge in [-0.2, -0.15) is 0 Å². The van der Waals surface area contributed by atoms with E-state index in [0.717, 1.165) is 43.0 Å². The van der Waals surface area contributed by atoms with E-state index < -0.39 is 0 Å². The number of ether oxygens (including phenoxy) is 2. The first kappa shape index (κ1) is 15.6. The van der Waals surface area contributed by atoms with Crippen molar-refractivity contribution in [3.63, 3.8) is 0 Å². The molecule has 0 bridgehead atoms. The summed E-state index contributed by atoms with van der Waals surface area (Å²) in [5.41, 5.74) is 1.57. The first-order valence-corrected chi connectivity index (χ1v) is 9.06. The highest BCUT2D eigenvalue weighted by Crippen LogP contribution is 2.49. The number of aliphatic imine (C=N–C) groups is 1. The predicted molar refractivity (Wildman–Crippen MR) is 94.8 cm³/mol. The van der Waals surface area contributed by atoms with Gasteiger partial charge in [-0.25, -0.2) is 0 Å². The van der Waals surface area contributed by atoms with E-state index in [0.29, 0.717) is 6.79 Å². The molecule has 0 atom stereocenters. The maximum atomic E-state index is 5.54. The van der Waals surface area contributed by atoms with Crippen molar-refractivity contribution in [2.75, 3.05) is 33.5 Å². The molecule has 3 aliphatic rings. The van der Waals surface area contributed by atoms with Crippen molar-refractivity contribution in [3.8, 4) is 11.5 Å². The van der Waals surface area contributed by atoms with Gasteiger partial charge in [0.2, 0.25) is 6.79 Å². The van der Waals surface area contributed by atoms with Crippen LogP contribution in [0.3, 0.4) is 0 Å². The molecule has 1 aromatic carbocycles. The summed E-state index contributed by atoms with van der Waals surface area (Å²) >= 11 is 0. The molecule has 0 radical (unpaired) electrons. The molecule has 1 saturated carbocycles. The summed E-state index contributed by atoms with van der Waals surface area (Å²) in [6.07, 6.45) is 4.95. The Bertz CT molecular complexity index is 631. The maximum Gasteiger partial charge on any atom is 0.231 e. The number of rotatable bonds is 3. The van der Waals surface area contributed by atoms with Gasteiger partial charge in [0.05, 0.1) is 0 Å². The van der Waals surface area contributed by atoms with Crippen molar-refractivity contribution in [3.05, 3.63) is 23.8 Å². The van der Waals surface area contributed by atoms with Crippen LogP contribution in [0.5, 0.6) is 11.5 Å². The van der Waals surface area contributed by atoms with Crippen LogP contribution in [0.2, 0.25) is 0 Å². The van der Waals surface area contributed by atoms with Crippen LogP contribution >= 0.6 is 0 Å². The Kier molecular flexibility index (Phi) is 4.02. The molecule has 0 aromatic heterocycles. The lowest BCUT2D eigenvalue weighted by molar-refractivity contribution is 0.174. The third kappa shape index (κ3) is 2.92. The van der Waals surface area contributed by atoms with E-state index in [1.54, 1.807) is 0 Å². The molecule has 2 aliphatic heterocycles. The number of benzene rings is 1. The third-order valence-corrected chi connectivity index (χ3v) is 5.72. The molecule has 0 unspecified atom stereocenters. The van der Waals surface area contributed by atoms with Crippen LogP contribution in [0.15, 0.2) is 23.2 Å². The Morgan fingerprint density at radius 3 is 2.71 bits per heavy atom. The second-order valence-electron chi connectivity index (χ2n) is 7.42. The van der Waals surface area contributed by atoms with Gasteiger partial charge in [-0.15, -0.1) is 0 Å². The van der Waals surface area contributed by atoms with E-state index in [-0.39, 0.29) is 5.41 Å². The quantitative estimate of drug-likeness (QED) is 0.684. The van der Waals surface area contributed by atoms with Gasteiger partial charge in [-0.1, -0.05) is 13.0 Å². The monoisotopic (exact) mass is 329 g/mol. The minimum atomic E-state index is 0.222. The molecule has 5 heteroatoms. The zero-order chi connectivity index (χ0) is 16.6. The number of fused-ring (bicyclic) bond motifs is 1. The Hall–Kier alpha value is -1.91. The smallest absolute Gasteiger partial charge is 0.231 e. The summed E-state index contributed by atoms with van der Waals surface area (Å²) in [6, 6.07) is 6.38. The molecule has 2 fully saturated rings. The van der Waals surface area contributed by atoms with E-state index in [2.05, 4.69) is 34.3 Å². The summed E-state index contributed by atoms with van der Waals surface area (Å²) in [6.45, 7) is 5.83. The Balaban J connectivity index is 1.41. The minimum absolute atomic E-state index is 0.222. The average Bonchev–Trinajstić information content (AvgIpc) is 3.25. The first-order chi connectivity index (χ1) is 11.7. The zero-order valence-corrected chi connectivity index (χ0v) is 14.7. The number of piperidine rings is 1. The van der Waals surface area contributed by atoms with E-state index in [1.165, 1.54) is 31.2 Å². The number of hydrogen-bond acceptors (Lipinski definition) is 3. The highest BCUT2D eigenvalue weighted by atomic mass is 16.7. The van der Waals surface area contributed by atoms with Crippen LogP contribution in [0.25, 0.3) is 0 Å². The Labute approximate surface area is 144 Å². The Morgan fingerprint density at radius 2 is 2.00 bits per heavy atom. The molecule has 0 spiro atoms. The lowest BCUT2D eigenvalue weighted by Crippen LogP contribution is -2.47. The maximum absolute atomic E-state index is 5.54. The summed E-state index contributed by atoms with van der Waals surface area (Å²) in [5, 5.41) is 3.63. The van der Waals surface area contributed by atoms with Gasteiger partial charge in [0.25, 0.3) is 0 Å². The van der Waals surface area contributed by atoms with Gasteiger partial charge in [-0.3, -0.25) is 4.99 Å². The fourth-order valence-corrected chi connectivity index (χ4v) is 3.75. The summed E-state index contributed by atoms with van der Waals surface area (Å²) < 4.78 is 11.0. The molecule has 1 aliphatic carbocycles. The van der Waals surface area contributed by atoms with E-state index in [4.69, 9.17) is 9.47 Å². The highest BCUT2D eigenvalue weighted by Gasteiger charge is 2.45. The normalized spacial score (nSPS) is 22.6. The molecule has 1 N–H and O–H groups in total. The number of hydrogen-bond donors (Lipinski definition) is 1. The summed E-state index contributed by atoms with van der Waals surface area (Å²) in [4.78, 5) is 6.90. The van der Waals surface area contributed by atoms with Crippen molar-refractivity contribution in [2.45, 2.75) is 38.0 Å². The second-order valence-corrected chi connectivity index (χ2v) is 7.42. The third-order valence-electron chi connectivity index (χ3n) is 5.72. The van der Waals surface area contributed by atoms with E-state index in [1.807, 2.05) is 13.1 Å². The minimum Gasteiger partial charge on any atom is -0.454 e. The van der Waals surface area contributed by atoms with Crippen molar-refractivity contribution >= 4 is 5.96 Å². The van der Waals surface area contributed by atoms with Crippen LogP contribution in [0.4, 0.5) is 0 Å². The Morgan fingerprint density at radius 1 is 1.25 bits per heavy atom. The van der Waals surface area contributed by atoms with Crippen molar-refractivity contribution < 1.29 is 9.47 Å². The first-order valence-electron chi connectivity index (χ1n) is 9.06. The summed E-state index contributed by atoms with van der Waals surface area (Å²) in [5.74, 6) is 3.63. The van der Waals surface area contributed by atoms with Crippen molar-refractivity contribution in [2.24, 2.45) is 10.9 Å². The number of guanidine groups is 1. The molecule has 1 aromatic rings. The van der Waals surface area contributed by atoms with Crippen LogP contribution < -0.4 is 14.8 Å². The summed E-state index contributed by atoms with van der Waals surface area (Å²) in [7, 11) is 1.89. The lowest BCUT2D eigenvalue weighted by Gasteiger charge is -2.33. The van der Waals surface area contributed by atoms with Crippen LogP contribution in [-0.4, -0.2) is 44.3 Å². The predicted octanol–water partition coefficient (Wildman–Crippen LogP) is 2.75. The highest BCUT2D eigenvalue weighted by molar-refractivity contribution is 5.80. The molecular weight excluding hydrogens is 302 g/mol.